The molecule has 0 spiro atoms. The zero-order valence-corrected chi connectivity index (χ0v) is 12.3. The van der Waals surface area contributed by atoms with Gasteiger partial charge >= 0.3 is 0 Å². The van der Waals surface area contributed by atoms with E-state index < -0.39 is 0 Å². The van der Waals surface area contributed by atoms with Crippen LogP contribution in [0, 0.1) is 5.82 Å². The van der Waals surface area contributed by atoms with Gasteiger partial charge < -0.3 is 5.32 Å². The Kier molecular flexibility index (Phi) is 4.66. The molecule has 2 aromatic rings. The van der Waals surface area contributed by atoms with Gasteiger partial charge in [-0.1, -0.05) is 48.5 Å². The van der Waals surface area contributed by atoms with E-state index in [0.29, 0.717) is 12.0 Å². The Hall–Kier alpha value is -1.67. The molecule has 1 saturated carbocycles. The first kappa shape index (κ1) is 14.3. The Morgan fingerprint density at radius 1 is 1.00 bits per heavy atom. The van der Waals surface area contributed by atoms with Gasteiger partial charge in [0.05, 0.1) is 0 Å². The van der Waals surface area contributed by atoms with Crippen molar-refractivity contribution >= 4 is 0 Å². The van der Waals surface area contributed by atoms with Gasteiger partial charge in [-0.25, -0.2) is 4.39 Å². The zero-order chi connectivity index (χ0) is 14.5. The Morgan fingerprint density at radius 2 is 1.71 bits per heavy atom. The maximum absolute atomic E-state index is 13.8. The number of nitrogens with one attached hydrogen (secondary N) is 1. The largest absolute Gasteiger partial charge is 0.313 e. The summed E-state index contributed by atoms with van der Waals surface area (Å²) < 4.78 is 13.8. The highest BCUT2D eigenvalue weighted by molar-refractivity contribution is 5.22. The van der Waals surface area contributed by atoms with Crippen molar-refractivity contribution in [2.24, 2.45) is 0 Å². The predicted molar refractivity (Wildman–Crippen MR) is 84.9 cm³/mol. The van der Waals surface area contributed by atoms with E-state index in [4.69, 9.17) is 0 Å². The van der Waals surface area contributed by atoms with Crippen LogP contribution in [0.5, 0.6) is 0 Å². The first-order valence-corrected chi connectivity index (χ1v) is 7.84. The maximum atomic E-state index is 13.8. The second-order valence-electron chi connectivity index (χ2n) is 5.92. The highest BCUT2D eigenvalue weighted by atomic mass is 19.1. The first-order chi connectivity index (χ1) is 10.3. The van der Waals surface area contributed by atoms with Gasteiger partial charge in [0, 0.05) is 12.6 Å². The van der Waals surface area contributed by atoms with Crippen LogP contribution < -0.4 is 5.32 Å². The summed E-state index contributed by atoms with van der Waals surface area (Å²) in [7, 11) is 0. The fourth-order valence-electron chi connectivity index (χ4n) is 2.74. The summed E-state index contributed by atoms with van der Waals surface area (Å²) in [5.74, 6) is 0.367. The molecule has 0 radical (unpaired) electrons. The van der Waals surface area contributed by atoms with Crippen LogP contribution in [0.1, 0.15) is 36.3 Å². The lowest BCUT2D eigenvalue weighted by atomic mass is 9.92. The first-order valence-electron chi connectivity index (χ1n) is 7.84. The van der Waals surface area contributed by atoms with Crippen molar-refractivity contribution in [2.45, 2.75) is 37.6 Å². The number of aryl methyl sites for hydroxylation is 1. The van der Waals surface area contributed by atoms with Crippen molar-refractivity contribution in [3.05, 3.63) is 71.5 Å². The minimum atomic E-state index is -0.0838. The van der Waals surface area contributed by atoms with Gasteiger partial charge in [0.2, 0.25) is 0 Å². The van der Waals surface area contributed by atoms with Gasteiger partial charge in [-0.3, -0.25) is 0 Å². The van der Waals surface area contributed by atoms with Crippen LogP contribution >= 0.6 is 0 Å². The average molecular weight is 283 g/mol. The van der Waals surface area contributed by atoms with Crippen molar-refractivity contribution in [2.75, 3.05) is 6.54 Å². The summed E-state index contributed by atoms with van der Waals surface area (Å²) in [5.41, 5.74) is 2.17. The lowest BCUT2D eigenvalue weighted by Gasteiger charge is -2.18. The lowest BCUT2D eigenvalue weighted by Crippen LogP contribution is -2.24. The normalized spacial score (nSPS) is 15.9. The molecule has 21 heavy (non-hydrogen) atoms. The smallest absolute Gasteiger partial charge is 0.126 e. The quantitative estimate of drug-likeness (QED) is 0.799. The summed E-state index contributed by atoms with van der Waals surface area (Å²) in [6.45, 7) is 0.989. The molecule has 2 heteroatoms. The van der Waals surface area contributed by atoms with E-state index in [9.17, 15) is 4.39 Å². The van der Waals surface area contributed by atoms with E-state index in [1.807, 2.05) is 18.2 Å². The minimum Gasteiger partial charge on any atom is -0.313 e. The summed E-state index contributed by atoms with van der Waals surface area (Å²) in [6.07, 6.45) is 4.37. The van der Waals surface area contributed by atoms with Gasteiger partial charge in [0.25, 0.3) is 0 Å². The fourth-order valence-corrected chi connectivity index (χ4v) is 2.74. The van der Waals surface area contributed by atoms with E-state index >= 15 is 0 Å². The van der Waals surface area contributed by atoms with Crippen LogP contribution in [0.25, 0.3) is 0 Å². The molecule has 1 fully saturated rings. The van der Waals surface area contributed by atoms with Crippen molar-refractivity contribution in [3.8, 4) is 0 Å². The highest BCUT2D eigenvalue weighted by Crippen LogP contribution is 2.25. The molecular formula is C19H22FN. The molecule has 0 aromatic heterocycles. The van der Waals surface area contributed by atoms with E-state index in [1.165, 1.54) is 18.4 Å². The van der Waals surface area contributed by atoms with E-state index in [1.54, 1.807) is 12.1 Å². The van der Waals surface area contributed by atoms with Gasteiger partial charge in [-0.15, -0.1) is 0 Å². The molecule has 1 nitrogen and oxygen atoms in total. The van der Waals surface area contributed by atoms with Crippen molar-refractivity contribution in [3.63, 3.8) is 0 Å². The standard InChI is InChI=1S/C19H22FN/c20-19-9-5-4-8-16(19)10-11-17(14-21-18-12-13-18)15-6-2-1-3-7-15/h1-9,17-18,21H,10-14H2. The average Bonchev–Trinajstić information content (AvgIpc) is 3.34. The van der Waals surface area contributed by atoms with E-state index in [2.05, 4.69) is 29.6 Å². The Balaban J connectivity index is 1.65. The second-order valence-corrected chi connectivity index (χ2v) is 5.92. The van der Waals surface area contributed by atoms with Crippen LogP contribution in [0.3, 0.4) is 0 Å². The van der Waals surface area contributed by atoms with Crippen molar-refractivity contribution < 1.29 is 4.39 Å². The molecule has 1 atom stereocenters. The maximum Gasteiger partial charge on any atom is 0.126 e. The summed E-state index contributed by atoms with van der Waals surface area (Å²) in [6, 6.07) is 18.4. The molecule has 2 aromatic carbocycles. The zero-order valence-electron chi connectivity index (χ0n) is 12.3. The molecule has 0 saturated heterocycles. The predicted octanol–water partition coefficient (Wildman–Crippen LogP) is 4.29. The van der Waals surface area contributed by atoms with Gasteiger partial charge in [-0.2, -0.15) is 0 Å². The van der Waals surface area contributed by atoms with E-state index in [-0.39, 0.29) is 5.82 Å². The Labute approximate surface area is 126 Å². The van der Waals surface area contributed by atoms with Crippen molar-refractivity contribution in [1.29, 1.82) is 0 Å². The number of hydrogen-bond acceptors (Lipinski definition) is 1. The number of benzene rings is 2. The molecule has 0 heterocycles. The third-order valence-electron chi connectivity index (χ3n) is 4.22. The van der Waals surface area contributed by atoms with Crippen LogP contribution in [-0.2, 0) is 6.42 Å². The van der Waals surface area contributed by atoms with Crippen LogP contribution in [-0.4, -0.2) is 12.6 Å². The molecule has 1 N–H and O–H groups in total. The van der Waals surface area contributed by atoms with Crippen LogP contribution in [0.4, 0.5) is 4.39 Å². The third kappa shape index (κ3) is 4.15. The van der Waals surface area contributed by atoms with Crippen molar-refractivity contribution in [1.82, 2.24) is 5.32 Å². The molecule has 3 rings (SSSR count). The molecule has 0 amide bonds. The molecule has 1 unspecified atom stereocenters. The summed E-state index contributed by atoms with van der Waals surface area (Å²) >= 11 is 0. The SMILES string of the molecule is Fc1ccccc1CCC(CNC1CC1)c1ccccc1. The molecule has 0 aliphatic heterocycles. The third-order valence-corrected chi connectivity index (χ3v) is 4.22. The number of rotatable bonds is 7. The molecular weight excluding hydrogens is 261 g/mol. The summed E-state index contributed by atoms with van der Waals surface area (Å²) in [4.78, 5) is 0. The topological polar surface area (TPSA) is 12.0 Å². The molecule has 110 valence electrons. The van der Waals surface area contributed by atoms with E-state index in [0.717, 1.165) is 24.9 Å². The fraction of sp³-hybridized carbons (Fsp3) is 0.368. The lowest BCUT2D eigenvalue weighted by molar-refractivity contribution is 0.536. The monoisotopic (exact) mass is 283 g/mol. The molecule has 1 aliphatic carbocycles. The molecule has 1 aliphatic rings. The van der Waals surface area contributed by atoms with Gasteiger partial charge in [0.1, 0.15) is 5.82 Å². The Morgan fingerprint density at radius 3 is 2.43 bits per heavy atom. The van der Waals surface area contributed by atoms with Crippen LogP contribution in [0.15, 0.2) is 54.6 Å². The highest BCUT2D eigenvalue weighted by Gasteiger charge is 2.22. The van der Waals surface area contributed by atoms with Gasteiger partial charge in [-0.05, 0) is 48.8 Å². The summed E-state index contributed by atoms with van der Waals surface area (Å²) in [5, 5.41) is 3.61. The Bertz CT molecular complexity index is 563. The molecule has 0 bridgehead atoms. The number of hydrogen-bond donors (Lipinski definition) is 1. The van der Waals surface area contributed by atoms with Crippen LogP contribution in [0.2, 0.25) is 0 Å². The second kappa shape index (κ2) is 6.86. The number of halogens is 1. The van der Waals surface area contributed by atoms with Gasteiger partial charge in [0.15, 0.2) is 0 Å². The minimum absolute atomic E-state index is 0.0838.